The Morgan fingerprint density at radius 1 is 0.900 bits per heavy atom. The van der Waals surface area contributed by atoms with E-state index < -0.39 is 0 Å². The van der Waals surface area contributed by atoms with Gasteiger partial charge in [-0.2, -0.15) is 0 Å². The van der Waals surface area contributed by atoms with Crippen LogP contribution < -0.4 is 5.32 Å². The van der Waals surface area contributed by atoms with Gasteiger partial charge in [-0.15, -0.1) is 0 Å². The Labute approximate surface area is 121 Å². The zero-order valence-corrected chi connectivity index (χ0v) is 12.7. The SMILES string of the molecule is CC(C)c1cccc(C(C)C)c1NCc1ncccn1. The minimum absolute atomic E-state index is 0.493. The summed E-state index contributed by atoms with van der Waals surface area (Å²) in [5.74, 6) is 1.81. The zero-order chi connectivity index (χ0) is 14.5. The maximum atomic E-state index is 4.27. The van der Waals surface area contributed by atoms with E-state index in [1.165, 1.54) is 16.8 Å². The minimum atomic E-state index is 0.493. The molecule has 1 aromatic heterocycles. The highest BCUT2D eigenvalue weighted by atomic mass is 15.0. The van der Waals surface area contributed by atoms with Gasteiger partial charge in [0.05, 0.1) is 6.54 Å². The van der Waals surface area contributed by atoms with Crippen LogP contribution >= 0.6 is 0 Å². The van der Waals surface area contributed by atoms with Crippen molar-refractivity contribution in [3.05, 3.63) is 53.6 Å². The van der Waals surface area contributed by atoms with E-state index in [9.17, 15) is 0 Å². The van der Waals surface area contributed by atoms with E-state index in [4.69, 9.17) is 0 Å². The summed E-state index contributed by atoms with van der Waals surface area (Å²) < 4.78 is 0. The number of hydrogen-bond acceptors (Lipinski definition) is 3. The molecule has 0 atom stereocenters. The molecule has 3 heteroatoms. The van der Waals surface area contributed by atoms with Gasteiger partial charge in [0.1, 0.15) is 5.82 Å². The van der Waals surface area contributed by atoms with Crippen molar-refractivity contribution < 1.29 is 0 Å². The maximum absolute atomic E-state index is 4.27. The Kier molecular flexibility index (Phi) is 4.72. The van der Waals surface area contributed by atoms with Crippen LogP contribution in [-0.4, -0.2) is 9.97 Å². The summed E-state index contributed by atoms with van der Waals surface area (Å²) in [6.07, 6.45) is 3.56. The van der Waals surface area contributed by atoms with Gasteiger partial charge >= 0.3 is 0 Å². The van der Waals surface area contributed by atoms with E-state index in [-0.39, 0.29) is 0 Å². The summed E-state index contributed by atoms with van der Waals surface area (Å²) in [6, 6.07) is 8.38. The van der Waals surface area contributed by atoms with E-state index in [0.717, 1.165) is 5.82 Å². The summed E-state index contributed by atoms with van der Waals surface area (Å²) in [5, 5.41) is 3.54. The van der Waals surface area contributed by atoms with Gasteiger partial charge in [-0.3, -0.25) is 0 Å². The van der Waals surface area contributed by atoms with Crippen LogP contribution in [0.4, 0.5) is 5.69 Å². The summed E-state index contributed by atoms with van der Waals surface area (Å²) in [7, 11) is 0. The number of hydrogen-bond donors (Lipinski definition) is 1. The summed E-state index contributed by atoms with van der Waals surface area (Å²) in [6.45, 7) is 9.56. The zero-order valence-electron chi connectivity index (χ0n) is 12.7. The van der Waals surface area contributed by atoms with Gasteiger partial charge < -0.3 is 5.32 Å². The molecule has 0 fully saturated rings. The topological polar surface area (TPSA) is 37.8 Å². The number of anilines is 1. The van der Waals surface area contributed by atoms with Crippen molar-refractivity contribution in [1.29, 1.82) is 0 Å². The third kappa shape index (κ3) is 3.35. The first-order chi connectivity index (χ1) is 9.59. The molecule has 0 amide bonds. The summed E-state index contributed by atoms with van der Waals surface area (Å²) >= 11 is 0. The van der Waals surface area contributed by atoms with Gasteiger partial charge in [-0.25, -0.2) is 9.97 Å². The van der Waals surface area contributed by atoms with Crippen LogP contribution in [-0.2, 0) is 6.54 Å². The molecule has 0 radical (unpaired) electrons. The molecule has 106 valence electrons. The van der Waals surface area contributed by atoms with Crippen molar-refractivity contribution in [1.82, 2.24) is 9.97 Å². The van der Waals surface area contributed by atoms with Crippen LogP contribution in [0.5, 0.6) is 0 Å². The van der Waals surface area contributed by atoms with E-state index in [1.807, 2.05) is 6.07 Å². The molecule has 3 nitrogen and oxygen atoms in total. The van der Waals surface area contributed by atoms with Crippen LogP contribution in [0.15, 0.2) is 36.7 Å². The quantitative estimate of drug-likeness (QED) is 0.877. The number of benzene rings is 1. The van der Waals surface area contributed by atoms with E-state index in [0.29, 0.717) is 18.4 Å². The van der Waals surface area contributed by atoms with Gasteiger partial charge in [0.15, 0.2) is 0 Å². The highest BCUT2D eigenvalue weighted by Crippen LogP contribution is 2.32. The highest BCUT2D eigenvalue weighted by molar-refractivity contribution is 5.60. The minimum Gasteiger partial charge on any atom is -0.377 e. The summed E-state index contributed by atoms with van der Waals surface area (Å²) in [5.41, 5.74) is 3.95. The Bertz CT molecular complexity index is 521. The molecule has 0 spiro atoms. The second kappa shape index (κ2) is 6.51. The Morgan fingerprint density at radius 3 is 1.95 bits per heavy atom. The Morgan fingerprint density at radius 2 is 1.45 bits per heavy atom. The highest BCUT2D eigenvalue weighted by Gasteiger charge is 2.13. The molecule has 0 saturated carbocycles. The van der Waals surface area contributed by atoms with Crippen molar-refractivity contribution >= 4 is 5.69 Å². The molecule has 0 aliphatic carbocycles. The van der Waals surface area contributed by atoms with E-state index >= 15 is 0 Å². The molecule has 1 heterocycles. The Hall–Kier alpha value is -1.90. The first-order valence-electron chi connectivity index (χ1n) is 7.22. The lowest BCUT2D eigenvalue weighted by Gasteiger charge is -2.20. The predicted octanol–water partition coefficient (Wildman–Crippen LogP) is 4.34. The number of para-hydroxylation sites is 1. The first kappa shape index (κ1) is 14.5. The lowest BCUT2D eigenvalue weighted by atomic mass is 9.92. The van der Waals surface area contributed by atoms with Crippen molar-refractivity contribution in [2.24, 2.45) is 0 Å². The molecule has 0 aliphatic rings. The number of nitrogens with one attached hydrogen (secondary N) is 1. The maximum Gasteiger partial charge on any atom is 0.147 e. The van der Waals surface area contributed by atoms with Crippen molar-refractivity contribution in [3.8, 4) is 0 Å². The van der Waals surface area contributed by atoms with E-state index in [1.54, 1.807) is 12.4 Å². The standard InChI is InChI=1S/C17H23N3/c1-12(2)14-7-5-8-15(13(3)4)17(14)20-11-16-18-9-6-10-19-16/h5-10,12-13,20H,11H2,1-4H3. The first-order valence-corrected chi connectivity index (χ1v) is 7.22. The molecule has 0 unspecified atom stereocenters. The van der Waals surface area contributed by atoms with Crippen LogP contribution in [0.2, 0.25) is 0 Å². The predicted molar refractivity (Wildman–Crippen MR) is 84.0 cm³/mol. The van der Waals surface area contributed by atoms with Crippen LogP contribution in [0.1, 0.15) is 56.5 Å². The fourth-order valence-corrected chi connectivity index (χ4v) is 2.34. The van der Waals surface area contributed by atoms with Crippen molar-refractivity contribution in [2.75, 3.05) is 5.32 Å². The smallest absolute Gasteiger partial charge is 0.147 e. The largest absolute Gasteiger partial charge is 0.377 e. The average Bonchev–Trinajstić information content (AvgIpc) is 2.45. The molecule has 2 aromatic rings. The van der Waals surface area contributed by atoms with Crippen LogP contribution in [0.3, 0.4) is 0 Å². The van der Waals surface area contributed by atoms with E-state index in [2.05, 4.69) is 61.2 Å². The monoisotopic (exact) mass is 269 g/mol. The molecule has 2 rings (SSSR count). The van der Waals surface area contributed by atoms with Gasteiger partial charge in [-0.05, 0) is 29.0 Å². The third-order valence-corrected chi connectivity index (χ3v) is 3.42. The molecule has 20 heavy (non-hydrogen) atoms. The summed E-state index contributed by atoms with van der Waals surface area (Å²) in [4.78, 5) is 8.54. The fraction of sp³-hybridized carbons (Fsp3) is 0.412. The molecule has 1 N–H and O–H groups in total. The molecule has 0 aliphatic heterocycles. The second-order valence-electron chi connectivity index (χ2n) is 5.64. The van der Waals surface area contributed by atoms with Crippen molar-refractivity contribution in [3.63, 3.8) is 0 Å². The molecule has 0 bridgehead atoms. The number of rotatable bonds is 5. The van der Waals surface area contributed by atoms with Crippen LogP contribution in [0.25, 0.3) is 0 Å². The van der Waals surface area contributed by atoms with Gasteiger partial charge in [0, 0.05) is 18.1 Å². The Balaban J connectivity index is 2.28. The van der Waals surface area contributed by atoms with Crippen molar-refractivity contribution in [2.45, 2.75) is 46.1 Å². The molecule has 1 aromatic carbocycles. The van der Waals surface area contributed by atoms with Gasteiger partial charge in [-0.1, -0.05) is 45.9 Å². The van der Waals surface area contributed by atoms with Gasteiger partial charge in [0.25, 0.3) is 0 Å². The second-order valence-corrected chi connectivity index (χ2v) is 5.64. The normalized spacial score (nSPS) is 11.1. The average molecular weight is 269 g/mol. The number of nitrogens with zero attached hydrogens (tertiary/aromatic N) is 2. The fourth-order valence-electron chi connectivity index (χ4n) is 2.34. The lowest BCUT2D eigenvalue weighted by Crippen LogP contribution is -2.09. The van der Waals surface area contributed by atoms with Gasteiger partial charge in [0.2, 0.25) is 0 Å². The molecular formula is C17H23N3. The lowest BCUT2D eigenvalue weighted by molar-refractivity contribution is 0.828. The third-order valence-electron chi connectivity index (χ3n) is 3.42. The molecular weight excluding hydrogens is 246 g/mol. The molecule has 0 saturated heterocycles. The van der Waals surface area contributed by atoms with Crippen LogP contribution in [0, 0.1) is 0 Å². The number of aromatic nitrogens is 2.